The Bertz CT molecular complexity index is 796. The van der Waals surface area contributed by atoms with Crippen LogP contribution in [0.5, 0.6) is 5.75 Å². The second kappa shape index (κ2) is 8.80. The van der Waals surface area contributed by atoms with Gasteiger partial charge in [0.15, 0.2) is 0 Å². The van der Waals surface area contributed by atoms with Crippen molar-refractivity contribution in [3.8, 4) is 5.75 Å². The predicted molar refractivity (Wildman–Crippen MR) is 99.4 cm³/mol. The molecule has 6 nitrogen and oxygen atoms in total. The van der Waals surface area contributed by atoms with Crippen molar-refractivity contribution in [3.05, 3.63) is 59.7 Å². The van der Waals surface area contributed by atoms with Gasteiger partial charge in [-0.05, 0) is 56.3 Å². The highest BCUT2D eigenvalue weighted by molar-refractivity contribution is 6.05. The maximum atomic E-state index is 12.4. The third-order valence-corrected chi connectivity index (χ3v) is 3.80. The average Bonchev–Trinajstić information content (AvgIpc) is 2.63. The topological polar surface area (TPSA) is 75.7 Å². The average molecular weight is 354 g/mol. The lowest BCUT2D eigenvalue weighted by atomic mass is 10.1. The molecule has 0 fully saturated rings. The smallest absolute Gasteiger partial charge is 0.308 e. The van der Waals surface area contributed by atoms with Crippen LogP contribution in [0.4, 0.5) is 5.69 Å². The van der Waals surface area contributed by atoms with Gasteiger partial charge in [0.05, 0.1) is 0 Å². The van der Waals surface area contributed by atoms with E-state index in [4.69, 9.17) is 4.74 Å². The first-order chi connectivity index (χ1) is 12.4. The first kappa shape index (κ1) is 19.2. The van der Waals surface area contributed by atoms with E-state index in [-0.39, 0.29) is 11.8 Å². The molecule has 0 heterocycles. The third-order valence-electron chi connectivity index (χ3n) is 3.80. The Hall–Kier alpha value is -3.15. The molecule has 0 aliphatic carbocycles. The van der Waals surface area contributed by atoms with Crippen molar-refractivity contribution >= 4 is 23.5 Å². The molecule has 0 saturated carbocycles. The SMILES string of the molecule is CCN(CC)C(=O)c1cccc(NC(=O)c2ccc(OC(C)=O)cc2)c1. The van der Waals surface area contributed by atoms with Crippen LogP contribution >= 0.6 is 0 Å². The molecule has 6 heteroatoms. The number of nitrogens with one attached hydrogen (secondary N) is 1. The maximum absolute atomic E-state index is 12.4. The van der Waals surface area contributed by atoms with Gasteiger partial charge in [-0.15, -0.1) is 0 Å². The van der Waals surface area contributed by atoms with Crippen molar-refractivity contribution in [2.24, 2.45) is 0 Å². The zero-order chi connectivity index (χ0) is 19.1. The van der Waals surface area contributed by atoms with E-state index in [1.165, 1.54) is 6.92 Å². The van der Waals surface area contributed by atoms with E-state index < -0.39 is 5.97 Å². The normalized spacial score (nSPS) is 10.1. The fourth-order valence-corrected chi connectivity index (χ4v) is 2.47. The second-order valence-corrected chi connectivity index (χ2v) is 5.63. The van der Waals surface area contributed by atoms with Gasteiger partial charge in [-0.2, -0.15) is 0 Å². The number of rotatable bonds is 6. The number of anilines is 1. The molecule has 2 amide bonds. The van der Waals surface area contributed by atoms with Crippen LogP contribution in [0.2, 0.25) is 0 Å². The van der Waals surface area contributed by atoms with E-state index in [0.29, 0.717) is 35.7 Å². The molecule has 0 aliphatic rings. The molecule has 0 aliphatic heterocycles. The van der Waals surface area contributed by atoms with Gasteiger partial charge in [-0.1, -0.05) is 6.07 Å². The number of ether oxygens (including phenoxy) is 1. The van der Waals surface area contributed by atoms with Crippen LogP contribution < -0.4 is 10.1 Å². The summed E-state index contributed by atoms with van der Waals surface area (Å²) in [4.78, 5) is 37.4. The molecule has 2 aromatic rings. The van der Waals surface area contributed by atoms with E-state index in [2.05, 4.69) is 5.32 Å². The van der Waals surface area contributed by atoms with Gasteiger partial charge >= 0.3 is 5.97 Å². The molecule has 1 N–H and O–H groups in total. The molecule has 0 saturated heterocycles. The van der Waals surface area contributed by atoms with Crippen LogP contribution in [-0.2, 0) is 4.79 Å². The molecule has 0 atom stereocenters. The monoisotopic (exact) mass is 354 g/mol. The maximum Gasteiger partial charge on any atom is 0.308 e. The number of carbonyl (C=O) groups is 3. The van der Waals surface area contributed by atoms with E-state index in [9.17, 15) is 14.4 Å². The fraction of sp³-hybridized carbons (Fsp3) is 0.250. The Morgan fingerprint density at radius 2 is 1.62 bits per heavy atom. The van der Waals surface area contributed by atoms with Crippen LogP contribution in [0.15, 0.2) is 48.5 Å². The molecule has 0 bridgehead atoms. The number of carbonyl (C=O) groups excluding carboxylic acids is 3. The minimum absolute atomic E-state index is 0.0724. The minimum atomic E-state index is -0.420. The van der Waals surface area contributed by atoms with Crippen molar-refractivity contribution in [3.63, 3.8) is 0 Å². The fourth-order valence-electron chi connectivity index (χ4n) is 2.47. The summed E-state index contributed by atoms with van der Waals surface area (Å²) in [6.45, 7) is 6.41. The van der Waals surface area contributed by atoms with Gasteiger partial charge in [-0.25, -0.2) is 0 Å². The molecule has 0 spiro atoms. The lowest BCUT2D eigenvalue weighted by molar-refractivity contribution is -0.131. The van der Waals surface area contributed by atoms with Gasteiger partial charge in [-0.3, -0.25) is 14.4 Å². The quantitative estimate of drug-likeness (QED) is 0.638. The summed E-state index contributed by atoms with van der Waals surface area (Å²) in [6, 6.07) is 13.1. The molecule has 26 heavy (non-hydrogen) atoms. The summed E-state index contributed by atoms with van der Waals surface area (Å²) in [5.41, 5.74) is 1.48. The third kappa shape index (κ3) is 4.92. The zero-order valence-electron chi connectivity index (χ0n) is 15.1. The van der Waals surface area contributed by atoms with Gasteiger partial charge in [0.2, 0.25) is 0 Å². The predicted octanol–water partition coefficient (Wildman–Crippen LogP) is 3.35. The largest absolute Gasteiger partial charge is 0.427 e. The number of hydrogen-bond donors (Lipinski definition) is 1. The Balaban J connectivity index is 2.10. The van der Waals surface area contributed by atoms with Crippen molar-refractivity contribution in [2.75, 3.05) is 18.4 Å². The Kier molecular flexibility index (Phi) is 6.49. The van der Waals surface area contributed by atoms with Crippen molar-refractivity contribution in [1.82, 2.24) is 4.90 Å². The summed E-state index contributed by atoms with van der Waals surface area (Å²) >= 11 is 0. The van der Waals surface area contributed by atoms with Crippen LogP contribution in [0.1, 0.15) is 41.5 Å². The van der Waals surface area contributed by atoms with E-state index in [1.54, 1.807) is 53.4 Å². The molecule has 0 radical (unpaired) electrons. The van der Waals surface area contributed by atoms with Gasteiger partial charge in [0.25, 0.3) is 11.8 Å². The summed E-state index contributed by atoms with van der Waals surface area (Å²) < 4.78 is 4.94. The first-order valence-electron chi connectivity index (χ1n) is 8.43. The molecular weight excluding hydrogens is 332 g/mol. The summed E-state index contributed by atoms with van der Waals surface area (Å²) in [7, 11) is 0. The van der Waals surface area contributed by atoms with Crippen molar-refractivity contribution in [1.29, 1.82) is 0 Å². The highest BCUT2D eigenvalue weighted by Crippen LogP contribution is 2.16. The second-order valence-electron chi connectivity index (χ2n) is 5.63. The first-order valence-corrected chi connectivity index (χ1v) is 8.43. The molecular formula is C20H22N2O4. The summed E-state index contributed by atoms with van der Waals surface area (Å²) in [6.07, 6.45) is 0. The Morgan fingerprint density at radius 1 is 0.962 bits per heavy atom. The highest BCUT2D eigenvalue weighted by Gasteiger charge is 2.13. The van der Waals surface area contributed by atoms with Crippen molar-refractivity contribution < 1.29 is 19.1 Å². The van der Waals surface area contributed by atoms with Crippen LogP contribution in [0, 0.1) is 0 Å². The van der Waals surface area contributed by atoms with E-state index in [0.717, 1.165) is 0 Å². The van der Waals surface area contributed by atoms with Crippen LogP contribution in [0.25, 0.3) is 0 Å². The molecule has 2 rings (SSSR count). The van der Waals surface area contributed by atoms with Crippen LogP contribution in [-0.4, -0.2) is 35.8 Å². The number of esters is 1. The van der Waals surface area contributed by atoms with Gasteiger partial charge < -0.3 is 15.0 Å². The van der Waals surface area contributed by atoms with E-state index in [1.807, 2.05) is 13.8 Å². The number of benzene rings is 2. The standard InChI is InChI=1S/C20H22N2O4/c1-4-22(5-2)20(25)16-7-6-8-17(13-16)21-19(24)15-9-11-18(12-10-15)26-14(3)23/h6-13H,4-5H2,1-3H3,(H,21,24). The Labute approximate surface area is 152 Å². The molecule has 2 aromatic carbocycles. The summed E-state index contributed by atoms with van der Waals surface area (Å²) in [5.74, 6) is -0.429. The lowest BCUT2D eigenvalue weighted by Crippen LogP contribution is -2.30. The number of amides is 2. The lowest BCUT2D eigenvalue weighted by Gasteiger charge is -2.19. The molecule has 0 unspecified atom stereocenters. The van der Waals surface area contributed by atoms with Gasteiger partial charge in [0.1, 0.15) is 5.75 Å². The van der Waals surface area contributed by atoms with E-state index >= 15 is 0 Å². The minimum Gasteiger partial charge on any atom is -0.427 e. The van der Waals surface area contributed by atoms with Crippen molar-refractivity contribution in [2.45, 2.75) is 20.8 Å². The number of hydrogen-bond acceptors (Lipinski definition) is 4. The molecule has 136 valence electrons. The van der Waals surface area contributed by atoms with Gasteiger partial charge in [0, 0.05) is 36.8 Å². The Morgan fingerprint density at radius 3 is 2.19 bits per heavy atom. The van der Waals surface area contributed by atoms with Crippen LogP contribution in [0.3, 0.4) is 0 Å². The highest BCUT2D eigenvalue weighted by atomic mass is 16.5. The summed E-state index contributed by atoms with van der Waals surface area (Å²) in [5, 5.41) is 2.77. The molecule has 0 aromatic heterocycles. The number of nitrogens with zero attached hydrogens (tertiary/aromatic N) is 1. The zero-order valence-corrected chi connectivity index (χ0v) is 15.1.